The summed E-state index contributed by atoms with van der Waals surface area (Å²) < 4.78 is 7.98. The highest BCUT2D eigenvalue weighted by Crippen LogP contribution is 2.36. The summed E-state index contributed by atoms with van der Waals surface area (Å²) in [5.41, 5.74) is 2.79. The largest absolute Gasteiger partial charge is 0.338 e. The molecule has 26 heavy (non-hydrogen) atoms. The summed E-state index contributed by atoms with van der Waals surface area (Å²) in [5.74, 6) is 3.46. The topological polar surface area (TPSA) is 60.0 Å². The molecule has 6 nitrogen and oxygen atoms in total. The van der Waals surface area contributed by atoms with Gasteiger partial charge in [0.1, 0.15) is 5.82 Å². The van der Waals surface area contributed by atoms with Gasteiger partial charge in [-0.15, -0.1) is 0 Å². The fraction of sp³-hybridized carbons (Fsp3) is 0.750. The molecule has 1 aliphatic heterocycles. The van der Waals surface area contributed by atoms with E-state index in [1.54, 1.807) is 0 Å². The van der Waals surface area contributed by atoms with E-state index in [0.717, 1.165) is 31.2 Å². The lowest BCUT2D eigenvalue weighted by atomic mass is 10.0. The van der Waals surface area contributed by atoms with Crippen LogP contribution in [-0.2, 0) is 26.4 Å². The van der Waals surface area contributed by atoms with Gasteiger partial charge in [0.2, 0.25) is 5.89 Å². The van der Waals surface area contributed by atoms with Gasteiger partial charge >= 0.3 is 0 Å². The Balaban J connectivity index is 1.34. The van der Waals surface area contributed by atoms with Gasteiger partial charge < -0.3 is 9.09 Å². The number of imidazole rings is 1. The summed E-state index contributed by atoms with van der Waals surface area (Å²) in [6.07, 6.45) is 12.3. The molecule has 2 fully saturated rings. The molecule has 6 heteroatoms. The van der Waals surface area contributed by atoms with Crippen LogP contribution in [0, 0.1) is 0 Å². The van der Waals surface area contributed by atoms with Crippen LogP contribution < -0.4 is 0 Å². The molecule has 140 valence electrons. The lowest BCUT2D eigenvalue weighted by molar-refractivity contribution is 0.203. The molecule has 2 aromatic rings. The van der Waals surface area contributed by atoms with Gasteiger partial charge in [-0.05, 0) is 57.9 Å². The lowest BCUT2D eigenvalue weighted by Gasteiger charge is -2.22. The Labute approximate surface area is 155 Å². The van der Waals surface area contributed by atoms with Crippen LogP contribution in [0.2, 0.25) is 0 Å². The monoisotopic (exact) mass is 355 g/mol. The molecule has 3 aliphatic rings. The highest BCUT2D eigenvalue weighted by atomic mass is 16.5. The molecule has 0 unspecified atom stereocenters. The van der Waals surface area contributed by atoms with Crippen LogP contribution in [0.5, 0.6) is 0 Å². The van der Waals surface area contributed by atoms with Crippen molar-refractivity contribution in [3.05, 3.63) is 28.9 Å². The minimum Gasteiger partial charge on any atom is -0.338 e. The molecule has 0 spiro atoms. The van der Waals surface area contributed by atoms with Crippen LogP contribution in [0.15, 0.2) is 4.52 Å². The molecule has 0 N–H and O–H groups in total. The maximum Gasteiger partial charge on any atom is 0.240 e. The van der Waals surface area contributed by atoms with Crippen LogP contribution >= 0.6 is 0 Å². The first-order valence-electron chi connectivity index (χ1n) is 10.4. The van der Waals surface area contributed by atoms with Crippen molar-refractivity contribution in [3.8, 4) is 0 Å². The first kappa shape index (κ1) is 16.5. The van der Waals surface area contributed by atoms with E-state index >= 15 is 0 Å². The quantitative estimate of drug-likeness (QED) is 0.837. The van der Waals surface area contributed by atoms with Gasteiger partial charge in [-0.25, -0.2) is 4.98 Å². The molecule has 0 amide bonds. The van der Waals surface area contributed by atoms with Crippen LogP contribution in [0.4, 0.5) is 0 Å². The second-order valence-electron chi connectivity index (χ2n) is 8.29. The third kappa shape index (κ3) is 2.88. The zero-order valence-electron chi connectivity index (χ0n) is 15.8. The molecule has 3 heterocycles. The zero-order valence-corrected chi connectivity index (χ0v) is 15.8. The van der Waals surface area contributed by atoms with E-state index in [4.69, 9.17) is 14.5 Å². The van der Waals surface area contributed by atoms with Crippen molar-refractivity contribution < 1.29 is 4.52 Å². The molecule has 0 bridgehead atoms. The summed E-state index contributed by atoms with van der Waals surface area (Å²) in [6, 6.07) is 0.382. The Kier molecular flexibility index (Phi) is 4.31. The normalized spacial score (nSPS) is 24.4. The van der Waals surface area contributed by atoms with Gasteiger partial charge in [0.15, 0.2) is 5.82 Å². The summed E-state index contributed by atoms with van der Waals surface area (Å²) in [7, 11) is 2.20. The van der Waals surface area contributed by atoms with Crippen molar-refractivity contribution in [2.24, 2.45) is 7.05 Å². The van der Waals surface area contributed by atoms with Crippen LogP contribution in [0.1, 0.15) is 92.3 Å². The van der Waals surface area contributed by atoms with Crippen LogP contribution in [-0.4, -0.2) is 31.1 Å². The molecule has 1 saturated heterocycles. The number of fused-ring (bicyclic) bond motifs is 1. The van der Waals surface area contributed by atoms with E-state index in [9.17, 15) is 0 Å². The molecule has 2 aromatic heterocycles. The number of hydrogen-bond donors (Lipinski definition) is 0. The van der Waals surface area contributed by atoms with Crippen molar-refractivity contribution in [2.45, 2.75) is 82.7 Å². The molecular weight excluding hydrogens is 326 g/mol. The number of nitrogens with zero attached hydrogens (tertiary/aromatic N) is 5. The van der Waals surface area contributed by atoms with Gasteiger partial charge in [-0.2, -0.15) is 4.98 Å². The standard InChI is InChI=1S/C20H29N5O/c1-24-16-10-5-4-9-15(16)21-20(24)17-11-6-12-25(17)13-18-22-19(23-26-18)14-7-2-3-8-14/h14,17H,2-13H2,1H3/t17-/m0/s1. The summed E-state index contributed by atoms with van der Waals surface area (Å²) in [6.45, 7) is 1.84. The van der Waals surface area contributed by atoms with E-state index in [2.05, 4.69) is 21.7 Å². The molecule has 5 rings (SSSR count). The van der Waals surface area contributed by atoms with Crippen molar-refractivity contribution in [2.75, 3.05) is 6.54 Å². The summed E-state index contributed by atoms with van der Waals surface area (Å²) >= 11 is 0. The summed E-state index contributed by atoms with van der Waals surface area (Å²) in [5, 5.41) is 4.28. The first-order chi connectivity index (χ1) is 12.8. The van der Waals surface area contributed by atoms with E-state index in [-0.39, 0.29) is 0 Å². The third-order valence-corrected chi connectivity index (χ3v) is 6.61. The van der Waals surface area contributed by atoms with Crippen molar-refractivity contribution >= 4 is 0 Å². The molecule has 1 saturated carbocycles. The van der Waals surface area contributed by atoms with Crippen molar-refractivity contribution in [1.29, 1.82) is 0 Å². The number of aromatic nitrogens is 4. The highest BCUT2D eigenvalue weighted by molar-refractivity contribution is 5.22. The third-order valence-electron chi connectivity index (χ3n) is 6.61. The van der Waals surface area contributed by atoms with Crippen molar-refractivity contribution in [3.63, 3.8) is 0 Å². The van der Waals surface area contributed by atoms with Crippen LogP contribution in [0.25, 0.3) is 0 Å². The van der Waals surface area contributed by atoms with Gasteiger partial charge in [0.25, 0.3) is 0 Å². The first-order valence-corrected chi connectivity index (χ1v) is 10.4. The molecular formula is C20H29N5O. The van der Waals surface area contributed by atoms with Crippen LogP contribution in [0.3, 0.4) is 0 Å². The minimum atomic E-state index is 0.382. The SMILES string of the molecule is Cn1c([C@@H]2CCCN2Cc2nc(C3CCCC3)no2)nc2c1CCCC2. The molecule has 0 aromatic carbocycles. The zero-order chi connectivity index (χ0) is 17.5. The fourth-order valence-corrected chi connectivity index (χ4v) is 5.17. The highest BCUT2D eigenvalue weighted by Gasteiger charge is 2.33. The number of likely N-dealkylation sites (tertiary alicyclic amines) is 1. The predicted octanol–water partition coefficient (Wildman–Crippen LogP) is 3.68. The average Bonchev–Trinajstić information content (AvgIpc) is 3.42. The second-order valence-corrected chi connectivity index (χ2v) is 8.29. The van der Waals surface area contributed by atoms with Gasteiger partial charge in [-0.1, -0.05) is 18.0 Å². The average molecular weight is 355 g/mol. The van der Waals surface area contributed by atoms with Crippen molar-refractivity contribution in [1.82, 2.24) is 24.6 Å². The number of aryl methyl sites for hydroxylation is 1. The van der Waals surface area contributed by atoms with E-state index < -0.39 is 0 Å². The summed E-state index contributed by atoms with van der Waals surface area (Å²) in [4.78, 5) is 12.3. The number of hydrogen-bond acceptors (Lipinski definition) is 5. The maximum atomic E-state index is 5.60. The van der Waals surface area contributed by atoms with E-state index in [0.29, 0.717) is 12.0 Å². The maximum absolute atomic E-state index is 5.60. The molecule has 2 aliphatic carbocycles. The van der Waals surface area contributed by atoms with E-state index in [1.165, 1.54) is 75.0 Å². The Hall–Kier alpha value is -1.69. The molecule has 1 atom stereocenters. The molecule has 0 radical (unpaired) electrons. The fourth-order valence-electron chi connectivity index (χ4n) is 5.17. The van der Waals surface area contributed by atoms with Gasteiger partial charge in [0, 0.05) is 18.7 Å². The van der Waals surface area contributed by atoms with E-state index in [1.807, 2.05) is 0 Å². The Bertz CT molecular complexity index is 773. The number of rotatable bonds is 4. The Morgan fingerprint density at radius 2 is 1.85 bits per heavy atom. The predicted molar refractivity (Wildman–Crippen MR) is 97.7 cm³/mol. The van der Waals surface area contributed by atoms with Gasteiger partial charge in [0.05, 0.1) is 18.3 Å². The minimum absolute atomic E-state index is 0.382. The smallest absolute Gasteiger partial charge is 0.240 e. The second kappa shape index (κ2) is 6.80. The Morgan fingerprint density at radius 1 is 1.00 bits per heavy atom. The Morgan fingerprint density at radius 3 is 2.69 bits per heavy atom. The lowest BCUT2D eigenvalue weighted by Crippen LogP contribution is -2.25. The van der Waals surface area contributed by atoms with Gasteiger partial charge in [-0.3, -0.25) is 4.90 Å².